The molecule has 4 heterocycles. The maximum absolute atomic E-state index is 16.4. The third kappa shape index (κ3) is 6.41. The molecule has 0 radical (unpaired) electrons. The van der Waals surface area contributed by atoms with Crippen LogP contribution < -0.4 is 20.7 Å². The second kappa shape index (κ2) is 12.9. The summed E-state index contributed by atoms with van der Waals surface area (Å²) in [5.41, 5.74) is -2.94. The number of aromatic nitrogens is 3. The van der Waals surface area contributed by atoms with Crippen LogP contribution >= 0.6 is 0 Å². The summed E-state index contributed by atoms with van der Waals surface area (Å²) in [6.45, 7) is 9.07. The topological polar surface area (TPSA) is 107 Å². The molecule has 0 unspecified atom stereocenters. The summed E-state index contributed by atoms with van der Waals surface area (Å²) in [5, 5.41) is 2.39. The predicted molar refractivity (Wildman–Crippen MR) is 158 cm³/mol. The molecule has 10 nitrogen and oxygen atoms in total. The number of carbonyl (C=O) groups excluding carboxylic acids is 1. The van der Waals surface area contributed by atoms with Crippen LogP contribution in [0.4, 0.5) is 34.9 Å². The Morgan fingerprint density at radius 2 is 1.82 bits per heavy atom. The predicted octanol–water partition coefficient (Wildman–Crippen LogP) is 4.30. The van der Waals surface area contributed by atoms with Crippen LogP contribution in [0.25, 0.3) is 11.1 Å². The number of hydrogen-bond acceptors (Lipinski definition) is 8. The number of nitrogens with one attached hydrogen (secondary N) is 2. The lowest BCUT2D eigenvalue weighted by Crippen LogP contribution is -2.50. The molecule has 2 atom stereocenters. The Labute approximate surface area is 252 Å². The van der Waals surface area contributed by atoms with Gasteiger partial charge in [0.2, 0.25) is 11.5 Å². The van der Waals surface area contributed by atoms with E-state index in [0.717, 1.165) is 12.3 Å². The van der Waals surface area contributed by atoms with Crippen LogP contribution in [0, 0.1) is 17.6 Å². The monoisotopic (exact) mass is 617 g/mol. The molecule has 2 aromatic heterocycles. The van der Waals surface area contributed by atoms with Gasteiger partial charge in [-0.05, 0) is 19.9 Å². The molecule has 2 aliphatic rings. The minimum absolute atomic E-state index is 0.00838. The smallest absolute Gasteiger partial charge is 0.264 e. The lowest BCUT2D eigenvalue weighted by molar-refractivity contribution is 0.0109. The number of ether oxygens (including phenoxy) is 1. The standard InChI is InChI=1S/C30H35F4N7O3/c1-16(2)23-15-41(7-8-44-23)30-36-11-18(12-37-30)25-21(31)10-22(40-6-5-39(4)17(3)14-40)27(26(25)32)38-29(43)20-13-35-24(42)9-19(20)28(33)34/h9-13,16-17,23,28H,5-8,14-15H2,1-4H3,(H,35,42)(H,38,43)/t17-,23-/m0/s1. The van der Waals surface area contributed by atoms with Crippen LogP contribution in [0.5, 0.6) is 0 Å². The molecule has 2 aliphatic heterocycles. The van der Waals surface area contributed by atoms with Gasteiger partial charge in [0.1, 0.15) is 11.5 Å². The molecule has 3 aromatic rings. The van der Waals surface area contributed by atoms with E-state index >= 15 is 8.78 Å². The van der Waals surface area contributed by atoms with Crippen molar-refractivity contribution in [2.45, 2.75) is 39.3 Å². The summed E-state index contributed by atoms with van der Waals surface area (Å²) >= 11 is 0. The number of likely N-dealkylation sites (N-methyl/N-ethyl adjacent to an activating group) is 1. The van der Waals surface area contributed by atoms with Crippen molar-refractivity contribution in [1.82, 2.24) is 19.9 Å². The quantitative estimate of drug-likeness (QED) is 0.378. The van der Waals surface area contributed by atoms with Gasteiger partial charge in [0, 0.05) is 80.6 Å². The number of alkyl halides is 2. The summed E-state index contributed by atoms with van der Waals surface area (Å²) in [7, 11) is 1.93. The third-order valence-corrected chi connectivity index (χ3v) is 8.22. The summed E-state index contributed by atoms with van der Waals surface area (Å²) in [4.78, 5) is 41.6. The van der Waals surface area contributed by atoms with E-state index in [1.165, 1.54) is 12.4 Å². The molecule has 0 spiro atoms. The highest BCUT2D eigenvalue weighted by Gasteiger charge is 2.30. The molecule has 5 rings (SSSR count). The third-order valence-electron chi connectivity index (χ3n) is 8.22. The fraction of sp³-hybridized carbons (Fsp3) is 0.467. The average molecular weight is 618 g/mol. The Kier molecular flexibility index (Phi) is 9.20. The fourth-order valence-corrected chi connectivity index (χ4v) is 5.43. The summed E-state index contributed by atoms with van der Waals surface area (Å²) < 4.78 is 65.4. The van der Waals surface area contributed by atoms with Gasteiger partial charge in [-0.1, -0.05) is 13.8 Å². The average Bonchev–Trinajstić information content (AvgIpc) is 3.00. The molecule has 2 fully saturated rings. The van der Waals surface area contributed by atoms with Crippen molar-refractivity contribution in [3.05, 3.63) is 63.8 Å². The van der Waals surface area contributed by atoms with Gasteiger partial charge >= 0.3 is 0 Å². The first kappa shape index (κ1) is 31.4. The number of H-pyrrole nitrogens is 1. The van der Waals surface area contributed by atoms with Crippen molar-refractivity contribution in [2.24, 2.45) is 5.92 Å². The number of anilines is 3. The molecular formula is C30H35F4N7O3. The number of aromatic amines is 1. The van der Waals surface area contributed by atoms with E-state index in [9.17, 15) is 18.4 Å². The van der Waals surface area contributed by atoms with Crippen molar-refractivity contribution >= 4 is 23.2 Å². The van der Waals surface area contributed by atoms with E-state index in [2.05, 4.69) is 39.0 Å². The van der Waals surface area contributed by atoms with Gasteiger partial charge < -0.3 is 29.7 Å². The van der Waals surface area contributed by atoms with Crippen molar-refractivity contribution in [3.8, 4) is 11.1 Å². The molecule has 2 saturated heterocycles. The summed E-state index contributed by atoms with van der Waals surface area (Å²) in [5.74, 6) is -2.43. The molecule has 14 heteroatoms. The van der Waals surface area contributed by atoms with Gasteiger partial charge in [-0.3, -0.25) is 9.59 Å². The van der Waals surface area contributed by atoms with Gasteiger partial charge in [0.15, 0.2) is 5.82 Å². The zero-order valence-corrected chi connectivity index (χ0v) is 24.9. The number of carbonyl (C=O) groups is 1. The number of morpholine rings is 1. The zero-order valence-electron chi connectivity index (χ0n) is 24.9. The fourth-order valence-electron chi connectivity index (χ4n) is 5.43. The molecule has 2 N–H and O–H groups in total. The summed E-state index contributed by atoms with van der Waals surface area (Å²) in [6.07, 6.45) is 0.322. The molecule has 1 aromatic carbocycles. The van der Waals surface area contributed by atoms with Crippen LogP contribution in [-0.2, 0) is 4.74 Å². The number of halogens is 4. The molecule has 0 saturated carbocycles. The summed E-state index contributed by atoms with van der Waals surface area (Å²) in [6, 6.07) is 1.76. The van der Waals surface area contributed by atoms with E-state index in [1.807, 2.05) is 18.9 Å². The lowest BCUT2D eigenvalue weighted by Gasteiger charge is -2.39. The highest BCUT2D eigenvalue weighted by atomic mass is 19.3. The molecule has 0 aliphatic carbocycles. The lowest BCUT2D eigenvalue weighted by atomic mass is 10.0. The van der Waals surface area contributed by atoms with Gasteiger partial charge in [-0.25, -0.2) is 27.5 Å². The Hall–Kier alpha value is -4.04. The van der Waals surface area contributed by atoms with E-state index in [4.69, 9.17) is 4.74 Å². The van der Waals surface area contributed by atoms with Crippen molar-refractivity contribution < 1.29 is 27.1 Å². The van der Waals surface area contributed by atoms with Crippen LogP contribution in [0.1, 0.15) is 43.1 Å². The second-order valence-corrected chi connectivity index (χ2v) is 11.5. The number of hydrogen-bond donors (Lipinski definition) is 2. The normalized spacial score (nSPS) is 19.6. The Bertz CT molecular complexity index is 1570. The first-order chi connectivity index (χ1) is 20.9. The van der Waals surface area contributed by atoms with E-state index in [1.54, 1.807) is 4.90 Å². The maximum atomic E-state index is 16.4. The van der Waals surface area contributed by atoms with Gasteiger partial charge in [-0.2, -0.15) is 0 Å². The highest BCUT2D eigenvalue weighted by Crippen LogP contribution is 2.39. The maximum Gasteiger partial charge on any atom is 0.264 e. The van der Waals surface area contributed by atoms with Crippen molar-refractivity contribution in [3.63, 3.8) is 0 Å². The number of benzene rings is 1. The zero-order chi connectivity index (χ0) is 31.7. The molecule has 44 heavy (non-hydrogen) atoms. The number of rotatable bonds is 7. The highest BCUT2D eigenvalue weighted by molar-refractivity contribution is 6.07. The van der Waals surface area contributed by atoms with Gasteiger partial charge in [0.05, 0.1) is 29.5 Å². The minimum Gasteiger partial charge on any atom is -0.374 e. The second-order valence-electron chi connectivity index (χ2n) is 11.5. The van der Waals surface area contributed by atoms with Crippen molar-refractivity contribution in [2.75, 3.05) is 61.5 Å². The number of piperazine rings is 1. The minimum atomic E-state index is -3.14. The van der Waals surface area contributed by atoms with Crippen molar-refractivity contribution in [1.29, 1.82) is 0 Å². The van der Waals surface area contributed by atoms with E-state index in [0.29, 0.717) is 51.3 Å². The SMILES string of the molecule is CC(C)[C@@H]1CN(c2ncc(-c3c(F)cc(N4CCN(C)[C@@H](C)C4)c(NC(=O)c4c[nH]c(=O)cc4C(F)F)c3F)cn2)CCO1. The van der Waals surface area contributed by atoms with E-state index < -0.39 is 46.2 Å². The number of nitrogens with zero attached hydrogens (tertiary/aromatic N) is 5. The molecule has 0 bridgehead atoms. The largest absolute Gasteiger partial charge is 0.374 e. The Balaban J connectivity index is 1.54. The number of pyridine rings is 1. The molecular weight excluding hydrogens is 582 g/mol. The van der Waals surface area contributed by atoms with Gasteiger partial charge in [0.25, 0.3) is 12.3 Å². The first-order valence-corrected chi connectivity index (χ1v) is 14.4. The van der Waals surface area contributed by atoms with Crippen LogP contribution in [0.3, 0.4) is 0 Å². The van der Waals surface area contributed by atoms with E-state index in [-0.39, 0.29) is 35.0 Å². The molecule has 236 valence electrons. The van der Waals surface area contributed by atoms with Gasteiger partial charge in [-0.15, -0.1) is 0 Å². The van der Waals surface area contributed by atoms with Crippen LogP contribution in [0.2, 0.25) is 0 Å². The first-order valence-electron chi connectivity index (χ1n) is 14.4. The number of amides is 1. The van der Waals surface area contributed by atoms with Crippen LogP contribution in [0.15, 0.2) is 35.5 Å². The Morgan fingerprint density at radius 3 is 2.48 bits per heavy atom. The van der Waals surface area contributed by atoms with Crippen LogP contribution in [-0.4, -0.2) is 84.3 Å². The Morgan fingerprint density at radius 1 is 1.09 bits per heavy atom. The molecule has 1 amide bonds.